The molecule has 208 valence electrons. The van der Waals surface area contributed by atoms with Crippen molar-refractivity contribution in [2.45, 2.75) is 94.4 Å². The fourth-order valence-electron chi connectivity index (χ4n) is 7.09. The van der Waals surface area contributed by atoms with Crippen LogP contribution in [0.5, 0.6) is 0 Å². The molecule has 39 heavy (non-hydrogen) atoms. The van der Waals surface area contributed by atoms with Gasteiger partial charge in [0.1, 0.15) is 5.82 Å². The van der Waals surface area contributed by atoms with Gasteiger partial charge < -0.3 is 14.8 Å². The van der Waals surface area contributed by atoms with Crippen LogP contribution in [-0.2, 0) is 9.84 Å². The van der Waals surface area contributed by atoms with Gasteiger partial charge in [0.15, 0.2) is 9.84 Å². The number of pyridine rings is 2. The highest BCUT2D eigenvalue weighted by atomic mass is 32.2. The Morgan fingerprint density at radius 2 is 1.74 bits per heavy atom. The van der Waals surface area contributed by atoms with Crippen molar-refractivity contribution in [3.63, 3.8) is 0 Å². The lowest BCUT2D eigenvalue weighted by atomic mass is 9.63. The van der Waals surface area contributed by atoms with Crippen LogP contribution < -0.4 is 10.9 Å². The van der Waals surface area contributed by atoms with E-state index >= 15 is 0 Å². The largest absolute Gasteiger partial charge is 0.340 e. The fraction of sp³-hybridized carbons (Fsp3) is 0.548. The number of aryl methyl sites for hydroxylation is 1. The lowest BCUT2D eigenvalue weighted by Crippen LogP contribution is -2.52. The summed E-state index contributed by atoms with van der Waals surface area (Å²) in [4.78, 5) is 20.3. The summed E-state index contributed by atoms with van der Waals surface area (Å²) in [5, 5.41) is 4.03. The quantitative estimate of drug-likeness (QED) is 0.407. The normalized spacial score (nSPS) is 20.6. The van der Waals surface area contributed by atoms with Crippen LogP contribution in [0, 0.1) is 12.3 Å². The number of nitrogens with zero attached hydrogens (tertiary/aromatic N) is 3. The minimum absolute atomic E-state index is 0.0283. The van der Waals surface area contributed by atoms with Crippen LogP contribution in [0.15, 0.2) is 52.3 Å². The van der Waals surface area contributed by atoms with Crippen molar-refractivity contribution in [3.8, 4) is 0 Å². The number of anilines is 2. The average Bonchev–Trinajstić information content (AvgIpc) is 3.42. The fourth-order valence-corrected chi connectivity index (χ4v) is 9.22. The van der Waals surface area contributed by atoms with E-state index in [4.69, 9.17) is 0 Å². The number of sulfone groups is 1. The van der Waals surface area contributed by atoms with E-state index in [1.165, 1.54) is 0 Å². The zero-order chi connectivity index (χ0) is 27.4. The standard InChI is InChI=1S/C31H40N4O3S/c1-21(2)34-14-12-31(13-15-34)18-26(19-31)39(37,38)25-9-10-27(22(3)16-25)33-29-17-28-23(20-32-29)8-11-30(36)35(28)24-6-4-5-7-24/h8-11,16-17,20-21,24,26H,4-7,12-15,18-19H2,1-3H3,(H,32,33). The predicted octanol–water partition coefficient (Wildman–Crippen LogP) is 5.99. The number of likely N-dealkylation sites (tertiary alicyclic amines) is 1. The van der Waals surface area contributed by atoms with Gasteiger partial charge in [-0.25, -0.2) is 13.4 Å². The second-order valence-electron chi connectivity index (χ2n) is 12.4. The minimum Gasteiger partial charge on any atom is -0.340 e. The second kappa shape index (κ2) is 10.0. The van der Waals surface area contributed by atoms with Gasteiger partial charge in [-0.1, -0.05) is 12.8 Å². The molecule has 3 aromatic rings. The van der Waals surface area contributed by atoms with E-state index in [-0.39, 0.29) is 22.3 Å². The van der Waals surface area contributed by atoms with E-state index in [1.54, 1.807) is 24.4 Å². The Balaban J connectivity index is 1.18. The van der Waals surface area contributed by atoms with Gasteiger partial charge in [-0.05, 0) is 108 Å². The Kier molecular flexibility index (Phi) is 6.82. The molecule has 6 rings (SSSR count). The van der Waals surface area contributed by atoms with E-state index in [0.29, 0.717) is 16.8 Å². The van der Waals surface area contributed by atoms with Crippen molar-refractivity contribution >= 4 is 32.2 Å². The summed E-state index contributed by atoms with van der Waals surface area (Å²) >= 11 is 0. The minimum atomic E-state index is -3.36. The first kappa shape index (κ1) is 26.5. The second-order valence-corrected chi connectivity index (χ2v) is 14.6. The molecule has 0 radical (unpaired) electrons. The molecule has 2 aromatic heterocycles. The molecule has 8 heteroatoms. The summed E-state index contributed by atoms with van der Waals surface area (Å²) in [6, 6.07) is 11.6. The third kappa shape index (κ3) is 4.91. The third-order valence-corrected chi connectivity index (χ3v) is 11.8. The molecule has 1 aliphatic heterocycles. The van der Waals surface area contributed by atoms with Gasteiger partial charge in [-0.2, -0.15) is 0 Å². The average molecular weight is 549 g/mol. The molecule has 3 aliphatic rings. The number of rotatable bonds is 6. The van der Waals surface area contributed by atoms with E-state index < -0.39 is 9.84 Å². The number of fused-ring (bicyclic) bond motifs is 1. The van der Waals surface area contributed by atoms with E-state index in [1.807, 2.05) is 29.7 Å². The Morgan fingerprint density at radius 3 is 2.41 bits per heavy atom. The Morgan fingerprint density at radius 1 is 1.03 bits per heavy atom. The molecule has 7 nitrogen and oxygen atoms in total. The summed E-state index contributed by atoms with van der Waals surface area (Å²) in [5.41, 5.74) is 2.80. The third-order valence-electron chi connectivity index (χ3n) is 9.64. The summed E-state index contributed by atoms with van der Waals surface area (Å²) < 4.78 is 28.9. The summed E-state index contributed by atoms with van der Waals surface area (Å²) in [6.07, 6.45) is 9.92. The topological polar surface area (TPSA) is 84.3 Å². The Bertz CT molecular complexity index is 1540. The Labute approximate surface area is 231 Å². The van der Waals surface area contributed by atoms with Crippen molar-refractivity contribution in [2.75, 3.05) is 18.4 Å². The van der Waals surface area contributed by atoms with Crippen molar-refractivity contribution < 1.29 is 8.42 Å². The predicted molar refractivity (Wildman–Crippen MR) is 157 cm³/mol. The van der Waals surface area contributed by atoms with Gasteiger partial charge >= 0.3 is 0 Å². The zero-order valence-electron chi connectivity index (χ0n) is 23.3. The van der Waals surface area contributed by atoms with Crippen LogP contribution in [0.2, 0.25) is 0 Å². The van der Waals surface area contributed by atoms with E-state index in [9.17, 15) is 13.2 Å². The molecule has 0 amide bonds. The molecule has 2 saturated carbocycles. The SMILES string of the molecule is Cc1cc(S(=O)(=O)C2CC3(CCN(C(C)C)CC3)C2)ccc1Nc1cc2c(ccc(=O)n2C2CCCC2)cn1. The molecule has 3 fully saturated rings. The smallest absolute Gasteiger partial charge is 0.251 e. The maximum atomic E-state index is 13.5. The van der Waals surface area contributed by atoms with Gasteiger partial charge in [0.2, 0.25) is 0 Å². The van der Waals surface area contributed by atoms with Crippen LogP contribution in [0.25, 0.3) is 10.9 Å². The van der Waals surface area contributed by atoms with E-state index in [0.717, 1.165) is 86.6 Å². The highest BCUT2D eigenvalue weighted by Crippen LogP contribution is 2.53. The molecule has 0 unspecified atom stereocenters. The number of benzene rings is 1. The van der Waals surface area contributed by atoms with Crippen LogP contribution in [0.3, 0.4) is 0 Å². The van der Waals surface area contributed by atoms with Gasteiger partial charge in [0, 0.05) is 41.5 Å². The Hall–Kier alpha value is -2.71. The van der Waals surface area contributed by atoms with Crippen molar-refractivity contribution in [2.24, 2.45) is 5.41 Å². The number of hydrogen-bond acceptors (Lipinski definition) is 6. The van der Waals surface area contributed by atoms with Crippen molar-refractivity contribution in [1.82, 2.24) is 14.5 Å². The van der Waals surface area contributed by atoms with Crippen LogP contribution in [0.1, 0.15) is 76.8 Å². The molecule has 1 aromatic carbocycles. The highest BCUT2D eigenvalue weighted by Gasteiger charge is 2.51. The molecule has 1 N–H and O–H groups in total. The maximum absolute atomic E-state index is 13.5. The number of nitrogens with one attached hydrogen (secondary N) is 1. The summed E-state index contributed by atoms with van der Waals surface area (Å²) in [6.45, 7) is 8.55. The molecule has 1 spiro atoms. The molecule has 0 bridgehead atoms. The molecule has 1 saturated heterocycles. The van der Waals surface area contributed by atoms with Gasteiger partial charge in [-0.15, -0.1) is 0 Å². The van der Waals surface area contributed by atoms with Crippen molar-refractivity contribution in [3.05, 3.63) is 58.5 Å². The molecule has 2 aliphatic carbocycles. The summed E-state index contributed by atoms with van der Waals surface area (Å²) in [5.74, 6) is 0.646. The van der Waals surface area contributed by atoms with Crippen molar-refractivity contribution in [1.29, 1.82) is 0 Å². The number of piperidine rings is 1. The number of hydrogen-bond donors (Lipinski definition) is 1. The lowest BCUT2D eigenvalue weighted by Gasteiger charge is -2.52. The number of aromatic nitrogens is 2. The summed E-state index contributed by atoms with van der Waals surface area (Å²) in [7, 11) is -3.36. The van der Waals surface area contributed by atoms with Gasteiger partial charge in [0.25, 0.3) is 5.56 Å². The monoisotopic (exact) mass is 548 g/mol. The first-order chi connectivity index (χ1) is 18.6. The first-order valence-electron chi connectivity index (χ1n) is 14.5. The molecule has 0 atom stereocenters. The molecular formula is C31H40N4O3S. The highest BCUT2D eigenvalue weighted by molar-refractivity contribution is 7.92. The van der Waals surface area contributed by atoms with Crippen LogP contribution >= 0.6 is 0 Å². The van der Waals surface area contributed by atoms with Gasteiger partial charge in [-0.3, -0.25) is 4.79 Å². The molecule has 3 heterocycles. The lowest BCUT2D eigenvalue weighted by molar-refractivity contribution is 0.0246. The zero-order valence-corrected chi connectivity index (χ0v) is 24.1. The van der Waals surface area contributed by atoms with Crippen LogP contribution in [-0.4, -0.2) is 47.3 Å². The van der Waals surface area contributed by atoms with Gasteiger partial charge in [0.05, 0.1) is 15.7 Å². The van der Waals surface area contributed by atoms with Crippen LogP contribution in [0.4, 0.5) is 11.5 Å². The maximum Gasteiger partial charge on any atom is 0.251 e. The first-order valence-corrected chi connectivity index (χ1v) is 16.1. The van der Waals surface area contributed by atoms with E-state index in [2.05, 4.69) is 29.0 Å². The molecular weight excluding hydrogens is 508 g/mol.